The van der Waals surface area contributed by atoms with E-state index in [9.17, 15) is 20.2 Å². The van der Waals surface area contributed by atoms with Crippen molar-refractivity contribution in [2.45, 2.75) is 13.0 Å². The second-order valence-corrected chi connectivity index (χ2v) is 5.12. The lowest BCUT2D eigenvalue weighted by Gasteiger charge is -2.13. The maximum Gasteiger partial charge on any atom is 0.269 e. The monoisotopic (exact) mass is 355 g/mol. The highest BCUT2D eigenvalue weighted by Gasteiger charge is 2.14. The van der Waals surface area contributed by atoms with Gasteiger partial charge in [-0.3, -0.25) is 14.9 Å². The van der Waals surface area contributed by atoms with Crippen LogP contribution in [0.1, 0.15) is 24.1 Å². The number of nitro groups is 1. The smallest absolute Gasteiger partial charge is 0.269 e. The van der Waals surface area contributed by atoms with Gasteiger partial charge >= 0.3 is 0 Å². The summed E-state index contributed by atoms with van der Waals surface area (Å²) in [6.45, 7) is 1.83. The summed E-state index contributed by atoms with van der Waals surface area (Å²) in [7, 11) is 0. The lowest BCUT2D eigenvalue weighted by Crippen LogP contribution is -2.27. The number of carbonyl (C=O) groups excluding carboxylic acids is 1. The van der Waals surface area contributed by atoms with Crippen molar-refractivity contribution in [2.24, 2.45) is 0 Å². The average molecular weight is 355 g/mol. The van der Waals surface area contributed by atoms with Crippen molar-refractivity contribution < 1.29 is 9.72 Å². The third kappa shape index (κ3) is 5.48. The molecule has 25 heavy (non-hydrogen) atoms. The van der Waals surface area contributed by atoms with Crippen molar-refractivity contribution in [1.29, 1.82) is 5.26 Å². The zero-order chi connectivity index (χ0) is 17.5. The fourth-order valence-corrected chi connectivity index (χ4v) is 2.11. The third-order valence-electron chi connectivity index (χ3n) is 3.43. The molecule has 1 N–H and O–H groups in total. The van der Waals surface area contributed by atoms with E-state index in [2.05, 4.69) is 5.32 Å². The summed E-state index contributed by atoms with van der Waals surface area (Å²) in [6.07, 6.45) is 1.40. The summed E-state index contributed by atoms with van der Waals surface area (Å²) in [6, 6.07) is 16.6. The van der Waals surface area contributed by atoms with Gasteiger partial charge in [0.15, 0.2) is 0 Å². The number of non-ortho nitro benzene ring substituents is 1. The highest BCUT2D eigenvalue weighted by atomic mass is 32.1. The first-order valence-electron chi connectivity index (χ1n) is 7.23. The standard InChI is InChI=1S/C18H15N3O3.H2S/c1-13(15-5-3-2-4-6-15)20-18(22)16(12-19)11-14-7-9-17(10-8-14)21(23)24;/h2-11,13H,1H3,(H,20,22);1H2/b16-11+;/t13-;/m0./s1. The third-order valence-corrected chi connectivity index (χ3v) is 3.43. The molecule has 1 atom stereocenters. The van der Waals surface area contributed by atoms with Crippen LogP contribution in [0.4, 0.5) is 5.69 Å². The van der Waals surface area contributed by atoms with Crippen LogP contribution in [0.25, 0.3) is 6.08 Å². The summed E-state index contributed by atoms with van der Waals surface area (Å²) in [4.78, 5) is 22.3. The number of nitrogens with one attached hydrogen (secondary N) is 1. The number of carbonyl (C=O) groups is 1. The van der Waals surface area contributed by atoms with E-state index in [1.807, 2.05) is 43.3 Å². The molecule has 0 radical (unpaired) electrons. The van der Waals surface area contributed by atoms with Crippen molar-refractivity contribution in [1.82, 2.24) is 5.32 Å². The Labute approximate surface area is 152 Å². The summed E-state index contributed by atoms with van der Waals surface area (Å²) in [5.74, 6) is -0.493. The molecule has 0 aliphatic heterocycles. The first kappa shape index (κ1) is 19.9. The zero-order valence-corrected chi connectivity index (χ0v) is 14.5. The van der Waals surface area contributed by atoms with Gasteiger partial charge < -0.3 is 5.32 Å². The average Bonchev–Trinajstić information content (AvgIpc) is 2.60. The van der Waals surface area contributed by atoms with Gasteiger partial charge in [0, 0.05) is 12.1 Å². The minimum Gasteiger partial charge on any atom is -0.345 e. The number of benzene rings is 2. The first-order chi connectivity index (χ1) is 11.5. The Morgan fingerprint density at radius 1 is 1.20 bits per heavy atom. The maximum absolute atomic E-state index is 12.2. The van der Waals surface area contributed by atoms with E-state index in [0.29, 0.717) is 5.56 Å². The van der Waals surface area contributed by atoms with Gasteiger partial charge in [0.05, 0.1) is 11.0 Å². The molecule has 7 heteroatoms. The van der Waals surface area contributed by atoms with Crippen LogP contribution in [0.3, 0.4) is 0 Å². The van der Waals surface area contributed by atoms with Crippen molar-refractivity contribution >= 4 is 31.2 Å². The molecular formula is C18H17N3O3S. The van der Waals surface area contributed by atoms with Crippen LogP contribution < -0.4 is 5.32 Å². The molecular weight excluding hydrogens is 338 g/mol. The maximum atomic E-state index is 12.2. The molecule has 0 spiro atoms. The highest BCUT2D eigenvalue weighted by molar-refractivity contribution is 7.59. The predicted octanol–water partition coefficient (Wildman–Crippen LogP) is 3.49. The van der Waals surface area contributed by atoms with Gasteiger partial charge in [0.1, 0.15) is 11.6 Å². The molecule has 128 valence electrons. The quantitative estimate of drug-likeness (QED) is 0.384. The van der Waals surface area contributed by atoms with Crippen LogP contribution >= 0.6 is 13.5 Å². The summed E-state index contributed by atoms with van der Waals surface area (Å²) in [5, 5.41) is 22.6. The summed E-state index contributed by atoms with van der Waals surface area (Å²) >= 11 is 0. The van der Waals surface area contributed by atoms with Gasteiger partial charge in [-0.15, -0.1) is 0 Å². The van der Waals surface area contributed by atoms with Crippen LogP contribution in [-0.4, -0.2) is 10.8 Å². The molecule has 6 nitrogen and oxygen atoms in total. The molecule has 0 aliphatic rings. The fourth-order valence-electron chi connectivity index (χ4n) is 2.11. The van der Waals surface area contributed by atoms with Gasteiger partial charge in [0.25, 0.3) is 11.6 Å². The van der Waals surface area contributed by atoms with E-state index in [1.54, 1.807) is 0 Å². The second-order valence-electron chi connectivity index (χ2n) is 5.12. The molecule has 0 aromatic heterocycles. The lowest BCUT2D eigenvalue weighted by molar-refractivity contribution is -0.384. The molecule has 2 aromatic carbocycles. The van der Waals surface area contributed by atoms with Crippen LogP contribution in [0.2, 0.25) is 0 Å². The largest absolute Gasteiger partial charge is 0.345 e. The van der Waals surface area contributed by atoms with Crippen LogP contribution in [0, 0.1) is 21.4 Å². The molecule has 2 rings (SSSR count). The number of hydrogen-bond donors (Lipinski definition) is 1. The number of nitrogens with zero attached hydrogens (tertiary/aromatic N) is 2. The van der Waals surface area contributed by atoms with Crippen molar-refractivity contribution in [3.63, 3.8) is 0 Å². The molecule has 0 aliphatic carbocycles. The molecule has 0 heterocycles. The fraction of sp³-hybridized carbons (Fsp3) is 0.111. The van der Waals surface area contributed by atoms with Gasteiger partial charge in [-0.2, -0.15) is 18.8 Å². The number of rotatable bonds is 5. The van der Waals surface area contributed by atoms with E-state index in [4.69, 9.17) is 0 Å². The Balaban J connectivity index is 0.00000312. The normalized spacial score (nSPS) is 11.6. The first-order valence-corrected chi connectivity index (χ1v) is 7.23. The predicted molar refractivity (Wildman–Crippen MR) is 100 cm³/mol. The summed E-state index contributed by atoms with van der Waals surface area (Å²) in [5.41, 5.74) is 1.36. The highest BCUT2D eigenvalue weighted by Crippen LogP contribution is 2.16. The van der Waals surface area contributed by atoms with E-state index in [0.717, 1.165) is 5.56 Å². The molecule has 1 amide bonds. The van der Waals surface area contributed by atoms with Crippen molar-refractivity contribution in [3.05, 3.63) is 81.4 Å². The topological polar surface area (TPSA) is 96.0 Å². The second kappa shape index (κ2) is 9.25. The zero-order valence-electron chi connectivity index (χ0n) is 13.5. The minimum absolute atomic E-state index is 0. The van der Waals surface area contributed by atoms with Gasteiger partial charge in [-0.1, -0.05) is 30.3 Å². The number of amides is 1. The number of nitro benzene ring substituents is 1. The minimum atomic E-state index is -0.507. The van der Waals surface area contributed by atoms with Crippen LogP contribution in [0.15, 0.2) is 60.2 Å². The van der Waals surface area contributed by atoms with E-state index >= 15 is 0 Å². The Hall–Kier alpha value is -3.11. The number of nitriles is 1. The van der Waals surface area contributed by atoms with Crippen molar-refractivity contribution in [3.8, 4) is 6.07 Å². The Bertz CT molecular complexity index is 812. The molecule has 0 unspecified atom stereocenters. The summed E-state index contributed by atoms with van der Waals surface area (Å²) < 4.78 is 0. The Kier molecular flexibility index (Phi) is 7.38. The molecule has 0 saturated heterocycles. The lowest BCUT2D eigenvalue weighted by atomic mass is 10.1. The SMILES string of the molecule is C[C@H](NC(=O)/C(C#N)=C/c1ccc([N+](=O)[O-])cc1)c1ccccc1.S. The molecule has 0 bridgehead atoms. The van der Waals surface area contributed by atoms with Crippen LogP contribution in [-0.2, 0) is 4.79 Å². The molecule has 2 aromatic rings. The van der Waals surface area contributed by atoms with Crippen molar-refractivity contribution in [2.75, 3.05) is 0 Å². The Morgan fingerprint density at radius 3 is 2.32 bits per heavy atom. The van der Waals surface area contributed by atoms with E-state index < -0.39 is 10.8 Å². The molecule has 0 fully saturated rings. The molecule has 0 saturated carbocycles. The van der Waals surface area contributed by atoms with Gasteiger partial charge in [-0.25, -0.2) is 0 Å². The van der Waals surface area contributed by atoms with Crippen LogP contribution in [0.5, 0.6) is 0 Å². The van der Waals surface area contributed by atoms with Gasteiger partial charge in [0.2, 0.25) is 0 Å². The number of hydrogen-bond acceptors (Lipinski definition) is 4. The van der Waals surface area contributed by atoms with E-state index in [-0.39, 0.29) is 30.8 Å². The van der Waals surface area contributed by atoms with Gasteiger partial charge in [-0.05, 0) is 36.3 Å². The van der Waals surface area contributed by atoms with E-state index in [1.165, 1.54) is 30.3 Å². The Morgan fingerprint density at radius 2 is 1.80 bits per heavy atom.